The summed E-state index contributed by atoms with van der Waals surface area (Å²) >= 11 is 0. The maximum atomic E-state index is 5.38. The van der Waals surface area contributed by atoms with Crippen LogP contribution in [-0.2, 0) is 0 Å². The molecule has 3 heterocycles. The van der Waals surface area contributed by atoms with E-state index in [-0.39, 0.29) is 0 Å². The van der Waals surface area contributed by atoms with E-state index >= 15 is 0 Å². The van der Waals surface area contributed by atoms with Gasteiger partial charge in [-0.05, 0) is 75.8 Å². The zero-order chi connectivity index (χ0) is 40.3. The number of hydrogen-bond acceptors (Lipinski definition) is 3. The van der Waals surface area contributed by atoms with Gasteiger partial charge in [0.1, 0.15) is 0 Å². The monoisotopic (exact) mass is 776 g/mol. The van der Waals surface area contributed by atoms with Gasteiger partial charge in [0.25, 0.3) is 0 Å². The molecule has 0 aliphatic rings. The second-order valence-corrected chi connectivity index (χ2v) is 15.6. The first-order chi connectivity index (χ1) is 30.2. The van der Waals surface area contributed by atoms with Gasteiger partial charge < -0.3 is 4.57 Å². The number of pyridine rings is 1. The van der Waals surface area contributed by atoms with Gasteiger partial charge in [-0.15, -0.1) is 0 Å². The molecule has 0 bridgehead atoms. The van der Waals surface area contributed by atoms with E-state index in [1.165, 1.54) is 26.9 Å². The van der Waals surface area contributed by atoms with Crippen molar-refractivity contribution in [1.29, 1.82) is 0 Å². The highest BCUT2D eigenvalue weighted by Crippen LogP contribution is 2.40. The topological polar surface area (TPSA) is 43.6 Å². The van der Waals surface area contributed by atoms with Crippen molar-refractivity contribution in [3.05, 3.63) is 218 Å². The minimum Gasteiger partial charge on any atom is -0.309 e. The summed E-state index contributed by atoms with van der Waals surface area (Å²) in [5.74, 6) is 0.705. The Bertz CT molecular complexity index is 3610. The summed E-state index contributed by atoms with van der Waals surface area (Å²) in [5.41, 5.74) is 13.7. The molecular weight excluding hydrogens is 741 g/mol. The van der Waals surface area contributed by atoms with Crippen LogP contribution in [0.25, 0.3) is 116 Å². The molecule has 0 amide bonds. The number of rotatable bonds is 6. The lowest BCUT2D eigenvalue weighted by Crippen LogP contribution is -1.96. The van der Waals surface area contributed by atoms with Crippen LogP contribution in [0.15, 0.2) is 218 Å². The predicted molar refractivity (Wildman–Crippen MR) is 254 cm³/mol. The van der Waals surface area contributed by atoms with Crippen molar-refractivity contribution in [2.45, 2.75) is 0 Å². The molecule has 0 aliphatic carbocycles. The average molecular weight is 777 g/mol. The molecule has 0 saturated carbocycles. The van der Waals surface area contributed by atoms with Crippen LogP contribution in [0.3, 0.4) is 0 Å². The van der Waals surface area contributed by atoms with Crippen molar-refractivity contribution >= 4 is 54.3 Å². The van der Waals surface area contributed by atoms with Crippen LogP contribution in [0.4, 0.5) is 0 Å². The normalized spacial score (nSPS) is 11.6. The standard InChI is InChI=1S/C57H36N4/c1-4-15-40(16-5-1)56-47-23-13-12-22-46(47)48-35-55-50(34-53(48)58-56)49-33-43(30-31-54(49)61(55)45-20-8-3-9-21-45)38-24-27-39(28-25-38)51-36-52(60-57(59-51)41-17-6-2-7-18-41)44-29-26-37-14-10-11-19-42(37)32-44/h1-36H. The van der Waals surface area contributed by atoms with E-state index in [0.29, 0.717) is 5.82 Å². The van der Waals surface area contributed by atoms with Crippen LogP contribution in [-0.4, -0.2) is 19.5 Å². The average Bonchev–Trinajstić information content (AvgIpc) is 3.66. The molecule has 0 unspecified atom stereocenters. The smallest absolute Gasteiger partial charge is 0.160 e. The third-order valence-electron chi connectivity index (χ3n) is 12.0. The summed E-state index contributed by atoms with van der Waals surface area (Å²) < 4.78 is 2.39. The fraction of sp³-hybridized carbons (Fsp3) is 0. The predicted octanol–water partition coefficient (Wildman–Crippen LogP) is 14.8. The third-order valence-corrected chi connectivity index (χ3v) is 12.0. The van der Waals surface area contributed by atoms with Gasteiger partial charge in [0.15, 0.2) is 5.82 Å². The van der Waals surface area contributed by atoms with Gasteiger partial charge in [0.05, 0.1) is 33.6 Å². The molecule has 9 aromatic carbocycles. The van der Waals surface area contributed by atoms with Gasteiger partial charge in [-0.1, -0.05) is 170 Å². The summed E-state index contributed by atoms with van der Waals surface area (Å²) in [6.07, 6.45) is 0. The van der Waals surface area contributed by atoms with E-state index in [9.17, 15) is 0 Å². The highest BCUT2D eigenvalue weighted by Gasteiger charge is 2.18. The Kier molecular flexibility index (Phi) is 8.13. The number of benzene rings is 9. The molecule has 61 heavy (non-hydrogen) atoms. The maximum absolute atomic E-state index is 5.38. The Labute approximate surface area is 352 Å². The molecule has 3 aromatic heterocycles. The highest BCUT2D eigenvalue weighted by molar-refractivity contribution is 6.19. The van der Waals surface area contributed by atoms with E-state index in [4.69, 9.17) is 15.0 Å². The molecule has 4 heteroatoms. The van der Waals surface area contributed by atoms with E-state index in [1.807, 2.05) is 18.2 Å². The zero-order valence-electron chi connectivity index (χ0n) is 33.1. The first-order valence-corrected chi connectivity index (χ1v) is 20.7. The van der Waals surface area contributed by atoms with Crippen molar-refractivity contribution in [3.8, 4) is 62.0 Å². The van der Waals surface area contributed by atoms with Gasteiger partial charge in [-0.3, -0.25) is 0 Å². The van der Waals surface area contributed by atoms with Gasteiger partial charge in [0, 0.05) is 49.5 Å². The lowest BCUT2D eigenvalue weighted by molar-refractivity contribution is 1.18. The Morgan fingerprint density at radius 3 is 1.66 bits per heavy atom. The van der Waals surface area contributed by atoms with Crippen LogP contribution in [0.5, 0.6) is 0 Å². The van der Waals surface area contributed by atoms with E-state index < -0.39 is 0 Å². The minimum atomic E-state index is 0.705. The third kappa shape index (κ3) is 6.04. The molecule has 284 valence electrons. The molecule has 0 N–H and O–H groups in total. The lowest BCUT2D eigenvalue weighted by Gasteiger charge is -2.12. The second kappa shape index (κ2) is 14.3. The van der Waals surface area contributed by atoms with Crippen LogP contribution in [0.1, 0.15) is 0 Å². The quantitative estimate of drug-likeness (QED) is 0.158. The minimum absolute atomic E-state index is 0.705. The van der Waals surface area contributed by atoms with Crippen LogP contribution < -0.4 is 0 Å². The summed E-state index contributed by atoms with van der Waals surface area (Å²) in [6, 6.07) is 77.4. The van der Waals surface area contributed by atoms with Crippen LogP contribution in [0, 0.1) is 0 Å². The molecule has 0 saturated heterocycles. The van der Waals surface area contributed by atoms with Gasteiger partial charge in [-0.25, -0.2) is 15.0 Å². The maximum Gasteiger partial charge on any atom is 0.160 e. The molecule has 0 fully saturated rings. The number of aromatic nitrogens is 4. The van der Waals surface area contributed by atoms with Gasteiger partial charge in [0.2, 0.25) is 0 Å². The fourth-order valence-electron chi connectivity index (χ4n) is 8.96. The molecule has 12 aromatic rings. The second-order valence-electron chi connectivity index (χ2n) is 15.6. The number of nitrogens with zero attached hydrogens (tertiary/aromatic N) is 4. The molecular formula is C57H36N4. The van der Waals surface area contributed by atoms with Gasteiger partial charge in [-0.2, -0.15) is 0 Å². The largest absolute Gasteiger partial charge is 0.309 e. The van der Waals surface area contributed by atoms with E-state index in [2.05, 4.69) is 205 Å². The van der Waals surface area contributed by atoms with Gasteiger partial charge >= 0.3 is 0 Å². The fourth-order valence-corrected chi connectivity index (χ4v) is 8.96. The summed E-state index contributed by atoms with van der Waals surface area (Å²) in [5, 5.41) is 8.23. The van der Waals surface area contributed by atoms with Crippen LogP contribution >= 0.6 is 0 Å². The first kappa shape index (κ1) is 34.8. The lowest BCUT2D eigenvalue weighted by atomic mass is 9.98. The molecule has 0 radical (unpaired) electrons. The van der Waals surface area contributed by atoms with Crippen LogP contribution in [0.2, 0.25) is 0 Å². The van der Waals surface area contributed by atoms with E-state index in [0.717, 1.165) is 83.5 Å². The number of hydrogen-bond donors (Lipinski definition) is 0. The zero-order valence-corrected chi connectivity index (χ0v) is 33.1. The van der Waals surface area contributed by atoms with Crippen molar-refractivity contribution in [2.24, 2.45) is 0 Å². The summed E-state index contributed by atoms with van der Waals surface area (Å²) in [7, 11) is 0. The SMILES string of the molecule is c1ccc(-c2nc(-c3ccc(-c4ccc5c(c4)c4cc6nc(-c7ccccc7)c7ccccc7c6cc4n5-c4ccccc4)cc3)cc(-c3ccc4ccccc4c3)n2)cc1. The first-order valence-electron chi connectivity index (χ1n) is 20.7. The highest BCUT2D eigenvalue weighted by atomic mass is 15.0. The Morgan fingerprint density at radius 1 is 0.295 bits per heavy atom. The van der Waals surface area contributed by atoms with Crippen molar-refractivity contribution in [1.82, 2.24) is 19.5 Å². The van der Waals surface area contributed by atoms with E-state index in [1.54, 1.807) is 0 Å². The Balaban J connectivity index is 0.999. The molecule has 0 spiro atoms. The molecule has 0 aliphatic heterocycles. The Morgan fingerprint density at radius 2 is 0.885 bits per heavy atom. The summed E-state index contributed by atoms with van der Waals surface area (Å²) in [6.45, 7) is 0. The Hall–Kier alpha value is -8.21. The number of fused-ring (bicyclic) bond motifs is 7. The molecule has 4 nitrogen and oxygen atoms in total. The van der Waals surface area contributed by atoms with Crippen molar-refractivity contribution < 1.29 is 0 Å². The van der Waals surface area contributed by atoms with Crippen molar-refractivity contribution in [2.75, 3.05) is 0 Å². The number of para-hydroxylation sites is 1. The summed E-state index contributed by atoms with van der Waals surface area (Å²) in [4.78, 5) is 15.6. The van der Waals surface area contributed by atoms with Crippen molar-refractivity contribution in [3.63, 3.8) is 0 Å². The molecule has 12 rings (SSSR count). The molecule has 0 atom stereocenters.